The van der Waals surface area contributed by atoms with Crippen LogP contribution in [0, 0.1) is 12.3 Å². The minimum atomic E-state index is -0.480. The standard InChI is InChI=1S/C22H31N3O/c1-4-22(5-2,6-3)23-21(26)19-25-17-15-24(16-18-25)14-10-13-20-11-8-7-9-12-20/h1,7-13H,5-6,14-19H2,2-3H3,(H,23,26)/p+2/b13-10+. The SMILES string of the molecule is C#CC(CC)(CC)NC(=O)C[NH+]1CC[NH+](C/C=C/c2ccccc2)CC1. The summed E-state index contributed by atoms with van der Waals surface area (Å²) in [6.07, 6.45) is 11.6. The summed E-state index contributed by atoms with van der Waals surface area (Å²) in [6, 6.07) is 10.4. The maximum absolute atomic E-state index is 12.4. The number of piperazine rings is 1. The highest BCUT2D eigenvalue weighted by molar-refractivity contribution is 5.78. The van der Waals surface area contributed by atoms with Crippen molar-refractivity contribution in [2.24, 2.45) is 0 Å². The molecular weight excluding hydrogens is 322 g/mol. The number of terminal acetylenes is 1. The van der Waals surface area contributed by atoms with E-state index in [0.29, 0.717) is 6.54 Å². The Morgan fingerprint density at radius 2 is 1.77 bits per heavy atom. The smallest absolute Gasteiger partial charge is 0.276 e. The fourth-order valence-corrected chi connectivity index (χ4v) is 3.47. The second-order valence-electron chi connectivity index (χ2n) is 7.18. The van der Waals surface area contributed by atoms with Crippen molar-refractivity contribution in [1.29, 1.82) is 0 Å². The first kappa shape index (κ1) is 20.2. The van der Waals surface area contributed by atoms with E-state index in [-0.39, 0.29) is 5.91 Å². The molecule has 4 heteroatoms. The molecule has 1 saturated heterocycles. The third kappa shape index (κ3) is 6.01. The molecule has 2 rings (SSSR count). The Kier molecular flexibility index (Phi) is 7.90. The number of nitrogens with one attached hydrogen (secondary N) is 3. The average molecular weight is 356 g/mol. The van der Waals surface area contributed by atoms with Gasteiger partial charge in [-0.05, 0) is 24.5 Å². The van der Waals surface area contributed by atoms with E-state index >= 15 is 0 Å². The molecular formula is C22H33N3O+2. The number of rotatable bonds is 8. The first-order valence-corrected chi connectivity index (χ1v) is 9.78. The fourth-order valence-electron chi connectivity index (χ4n) is 3.47. The van der Waals surface area contributed by atoms with Crippen molar-refractivity contribution < 1.29 is 14.6 Å². The molecule has 1 amide bonds. The van der Waals surface area contributed by atoms with Gasteiger partial charge in [-0.2, -0.15) is 0 Å². The molecule has 26 heavy (non-hydrogen) atoms. The second kappa shape index (κ2) is 10.2. The van der Waals surface area contributed by atoms with Gasteiger partial charge in [0.2, 0.25) is 0 Å². The van der Waals surface area contributed by atoms with Gasteiger partial charge in [-0.15, -0.1) is 6.42 Å². The number of benzene rings is 1. The van der Waals surface area contributed by atoms with Crippen LogP contribution in [0.1, 0.15) is 32.3 Å². The topological polar surface area (TPSA) is 38.0 Å². The van der Waals surface area contributed by atoms with E-state index in [1.807, 2.05) is 19.9 Å². The van der Waals surface area contributed by atoms with E-state index in [4.69, 9.17) is 6.42 Å². The third-order valence-corrected chi connectivity index (χ3v) is 5.45. The minimum Gasteiger partial charge on any atom is -0.335 e. The van der Waals surface area contributed by atoms with Crippen LogP contribution in [0.15, 0.2) is 36.4 Å². The number of amides is 1. The summed E-state index contributed by atoms with van der Waals surface area (Å²) in [5.41, 5.74) is 0.767. The summed E-state index contributed by atoms with van der Waals surface area (Å²) in [5.74, 6) is 2.85. The molecule has 0 radical (unpaired) electrons. The zero-order valence-corrected chi connectivity index (χ0v) is 16.2. The molecule has 0 spiro atoms. The van der Waals surface area contributed by atoms with Crippen LogP contribution in [0.25, 0.3) is 6.08 Å². The van der Waals surface area contributed by atoms with E-state index in [0.717, 1.165) is 45.6 Å². The van der Waals surface area contributed by atoms with Crippen LogP contribution in [0.3, 0.4) is 0 Å². The van der Waals surface area contributed by atoms with Crippen molar-refractivity contribution in [2.45, 2.75) is 32.2 Å². The van der Waals surface area contributed by atoms with Crippen LogP contribution in [0.5, 0.6) is 0 Å². The van der Waals surface area contributed by atoms with Gasteiger partial charge >= 0.3 is 0 Å². The summed E-state index contributed by atoms with van der Waals surface area (Å²) in [4.78, 5) is 15.3. The number of carbonyl (C=O) groups excluding carboxylic acids is 1. The molecule has 1 aromatic carbocycles. The lowest BCUT2D eigenvalue weighted by Crippen LogP contribution is -3.28. The quantitative estimate of drug-likeness (QED) is 0.555. The Balaban J connectivity index is 1.72. The highest BCUT2D eigenvalue weighted by atomic mass is 16.2. The molecule has 1 aliphatic rings. The average Bonchev–Trinajstić information content (AvgIpc) is 2.68. The van der Waals surface area contributed by atoms with Gasteiger partial charge in [-0.3, -0.25) is 4.79 Å². The molecule has 4 nitrogen and oxygen atoms in total. The van der Waals surface area contributed by atoms with E-state index in [9.17, 15) is 4.79 Å². The predicted octanol–water partition coefficient (Wildman–Crippen LogP) is -0.209. The normalized spacial score (nSPS) is 20.7. The Bertz CT molecular complexity index is 621. The highest BCUT2D eigenvalue weighted by Crippen LogP contribution is 2.12. The Morgan fingerprint density at radius 1 is 1.15 bits per heavy atom. The van der Waals surface area contributed by atoms with E-state index in [1.54, 1.807) is 4.90 Å². The largest absolute Gasteiger partial charge is 0.335 e. The Labute approximate surface area is 158 Å². The highest BCUT2D eigenvalue weighted by Gasteiger charge is 2.29. The van der Waals surface area contributed by atoms with Crippen molar-refractivity contribution >= 4 is 12.0 Å². The van der Waals surface area contributed by atoms with Gasteiger partial charge in [0.15, 0.2) is 6.54 Å². The lowest BCUT2D eigenvalue weighted by atomic mass is 9.94. The van der Waals surface area contributed by atoms with Crippen LogP contribution in [0.2, 0.25) is 0 Å². The fraction of sp³-hybridized carbons (Fsp3) is 0.500. The van der Waals surface area contributed by atoms with Crippen molar-refractivity contribution in [2.75, 3.05) is 39.3 Å². The van der Waals surface area contributed by atoms with Crippen LogP contribution >= 0.6 is 0 Å². The summed E-state index contributed by atoms with van der Waals surface area (Å²) in [6.45, 7) is 9.89. The van der Waals surface area contributed by atoms with Crippen molar-refractivity contribution in [3.05, 3.63) is 42.0 Å². The Morgan fingerprint density at radius 3 is 2.35 bits per heavy atom. The molecule has 1 aliphatic heterocycles. The van der Waals surface area contributed by atoms with Crippen molar-refractivity contribution in [3.8, 4) is 12.3 Å². The summed E-state index contributed by atoms with van der Waals surface area (Å²) in [5, 5.41) is 3.08. The van der Waals surface area contributed by atoms with Crippen molar-refractivity contribution in [1.82, 2.24) is 5.32 Å². The number of hydrogen-bond acceptors (Lipinski definition) is 1. The Hall–Kier alpha value is -2.09. The number of carbonyl (C=O) groups is 1. The van der Waals surface area contributed by atoms with Gasteiger partial charge in [0, 0.05) is 0 Å². The molecule has 0 unspecified atom stereocenters. The van der Waals surface area contributed by atoms with Gasteiger partial charge in [-0.25, -0.2) is 0 Å². The molecule has 0 aliphatic carbocycles. The second-order valence-corrected chi connectivity index (χ2v) is 7.18. The van der Waals surface area contributed by atoms with Gasteiger partial charge in [0.25, 0.3) is 5.91 Å². The first-order valence-electron chi connectivity index (χ1n) is 9.78. The van der Waals surface area contributed by atoms with Crippen LogP contribution < -0.4 is 15.1 Å². The number of quaternary nitrogens is 2. The maximum Gasteiger partial charge on any atom is 0.276 e. The minimum absolute atomic E-state index is 0.0778. The van der Waals surface area contributed by atoms with Gasteiger partial charge in [-0.1, -0.05) is 56.2 Å². The number of hydrogen-bond donors (Lipinski definition) is 3. The van der Waals surface area contributed by atoms with Crippen molar-refractivity contribution in [3.63, 3.8) is 0 Å². The zero-order chi connectivity index (χ0) is 18.8. The van der Waals surface area contributed by atoms with Crippen LogP contribution in [-0.4, -0.2) is 50.7 Å². The van der Waals surface area contributed by atoms with Crippen LogP contribution in [0.4, 0.5) is 0 Å². The molecule has 1 fully saturated rings. The molecule has 0 atom stereocenters. The molecule has 140 valence electrons. The van der Waals surface area contributed by atoms with Gasteiger partial charge in [0.1, 0.15) is 31.7 Å². The van der Waals surface area contributed by atoms with Gasteiger partial charge in [0.05, 0.1) is 6.54 Å². The third-order valence-electron chi connectivity index (χ3n) is 5.45. The molecule has 1 heterocycles. The molecule has 0 bridgehead atoms. The maximum atomic E-state index is 12.4. The summed E-state index contributed by atoms with van der Waals surface area (Å²) in [7, 11) is 0. The molecule has 1 aromatic rings. The van der Waals surface area contributed by atoms with E-state index in [2.05, 4.69) is 47.7 Å². The monoisotopic (exact) mass is 355 g/mol. The van der Waals surface area contributed by atoms with Gasteiger partial charge < -0.3 is 15.1 Å². The predicted molar refractivity (Wildman–Crippen MR) is 107 cm³/mol. The van der Waals surface area contributed by atoms with E-state index < -0.39 is 5.54 Å². The lowest BCUT2D eigenvalue weighted by Gasteiger charge is -2.31. The summed E-state index contributed by atoms with van der Waals surface area (Å²) < 4.78 is 0. The molecule has 0 aromatic heterocycles. The van der Waals surface area contributed by atoms with Crippen LogP contribution in [-0.2, 0) is 4.79 Å². The summed E-state index contributed by atoms with van der Waals surface area (Å²) >= 11 is 0. The van der Waals surface area contributed by atoms with E-state index in [1.165, 1.54) is 10.5 Å². The molecule has 0 saturated carbocycles. The first-order chi connectivity index (χ1) is 12.6. The molecule has 3 N–H and O–H groups in total. The lowest BCUT2D eigenvalue weighted by molar-refractivity contribution is -1.01. The zero-order valence-electron chi connectivity index (χ0n) is 16.2.